The molecule has 0 saturated carbocycles. The maximum absolute atomic E-state index is 12.6. The molecule has 0 radical (unpaired) electrons. The molecule has 1 unspecified atom stereocenters. The molecule has 29 heavy (non-hydrogen) atoms. The average molecular weight is 396 g/mol. The second-order valence-corrected chi connectivity index (χ2v) is 7.77. The minimum Gasteiger partial charge on any atom is -0.488 e. The number of carbonyl (C=O) groups is 1. The lowest BCUT2D eigenvalue weighted by molar-refractivity contribution is 0.0593. The van der Waals surface area contributed by atoms with Gasteiger partial charge >= 0.3 is 5.97 Å². The summed E-state index contributed by atoms with van der Waals surface area (Å²) in [6, 6.07) is 14.7. The van der Waals surface area contributed by atoms with Crippen LogP contribution in [0, 0.1) is 0 Å². The van der Waals surface area contributed by atoms with Gasteiger partial charge in [0.15, 0.2) is 0 Å². The SMILES string of the molecule is CCCN(CCC)C1CCc2c(ccc(OCc3ccccc3)c2C(=O)OC)C1. The van der Waals surface area contributed by atoms with Gasteiger partial charge in [0.2, 0.25) is 0 Å². The lowest BCUT2D eigenvalue weighted by Gasteiger charge is -2.35. The van der Waals surface area contributed by atoms with E-state index in [1.54, 1.807) is 0 Å². The fourth-order valence-electron chi connectivity index (χ4n) is 4.36. The number of benzene rings is 2. The molecule has 1 aliphatic rings. The highest BCUT2D eigenvalue weighted by molar-refractivity contribution is 5.94. The van der Waals surface area contributed by atoms with Crippen LogP contribution in [0.3, 0.4) is 0 Å². The third-order valence-electron chi connectivity index (χ3n) is 5.72. The summed E-state index contributed by atoms with van der Waals surface area (Å²) in [4.78, 5) is 15.2. The van der Waals surface area contributed by atoms with Gasteiger partial charge in [-0.05, 0) is 68.0 Å². The van der Waals surface area contributed by atoms with Crippen LogP contribution < -0.4 is 4.74 Å². The molecule has 156 valence electrons. The van der Waals surface area contributed by atoms with Crippen molar-refractivity contribution in [3.63, 3.8) is 0 Å². The summed E-state index contributed by atoms with van der Waals surface area (Å²) < 4.78 is 11.2. The lowest BCUT2D eigenvalue weighted by Crippen LogP contribution is -2.40. The molecule has 3 rings (SSSR count). The van der Waals surface area contributed by atoms with E-state index in [0.29, 0.717) is 24.0 Å². The molecule has 0 amide bonds. The van der Waals surface area contributed by atoms with E-state index >= 15 is 0 Å². The zero-order chi connectivity index (χ0) is 20.6. The quantitative estimate of drug-likeness (QED) is 0.558. The Morgan fingerprint density at radius 3 is 2.45 bits per heavy atom. The number of hydrogen-bond acceptors (Lipinski definition) is 4. The molecule has 0 aliphatic heterocycles. The van der Waals surface area contributed by atoms with Gasteiger partial charge in [-0.25, -0.2) is 4.79 Å². The van der Waals surface area contributed by atoms with E-state index in [0.717, 1.165) is 43.5 Å². The number of fused-ring (bicyclic) bond motifs is 1. The minimum atomic E-state index is -0.303. The van der Waals surface area contributed by atoms with Gasteiger partial charge in [-0.3, -0.25) is 0 Å². The van der Waals surface area contributed by atoms with Crippen LogP contribution in [0.1, 0.15) is 60.2 Å². The predicted octanol–water partition coefficient (Wildman–Crippen LogP) is 5.03. The smallest absolute Gasteiger partial charge is 0.341 e. The molecule has 4 heteroatoms. The molecule has 4 nitrogen and oxygen atoms in total. The highest BCUT2D eigenvalue weighted by Gasteiger charge is 2.29. The average Bonchev–Trinajstić information content (AvgIpc) is 2.77. The van der Waals surface area contributed by atoms with E-state index in [2.05, 4.69) is 24.8 Å². The van der Waals surface area contributed by atoms with Crippen molar-refractivity contribution >= 4 is 5.97 Å². The molecule has 0 spiro atoms. The van der Waals surface area contributed by atoms with Crippen LogP contribution in [-0.4, -0.2) is 37.1 Å². The fraction of sp³-hybridized carbons (Fsp3) is 0.480. The van der Waals surface area contributed by atoms with E-state index in [4.69, 9.17) is 9.47 Å². The monoisotopic (exact) mass is 395 g/mol. The number of ether oxygens (including phenoxy) is 2. The molecular weight excluding hydrogens is 362 g/mol. The van der Waals surface area contributed by atoms with Gasteiger partial charge in [0.1, 0.15) is 17.9 Å². The largest absolute Gasteiger partial charge is 0.488 e. The van der Waals surface area contributed by atoms with Crippen LogP contribution >= 0.6 is 0 Å². The Bertz CT molecular complexity index is 797. The van der Waals surface area contributed by atoms with Crippen LogP contribution in [0.25, 0.3) is 0 Å². The van der Waals surface area contributed by atoms with Gasteiger partial charge in [0, 0.05) is 6.04 Å². The Labute approximate surface area is 174 Å². The first-order chi connectivity index (χ1) is 14.2. The summed E-state index contributed by atoms with van der Waals surface area (Å²) in [6.07, 6.45) is 5.28. The normalized spacial score (nSPS) is 15.8. The zero-order valence-corrected chi connectivity index (χ0v) is 17.9. The van der Waals surface area contributed by atoms with Crippen LogP contribution in [0.5, 0.6) is 5.75 Å². The van der Waals surface area contributed by atoms with Gasteiger partial charge < -0.3 is 14.4 Å². The van der Waals surface area contributed by atoms with E-state index in [9.17, 15) is 4.79 Å². The van der Waals surface area contributed by atoms with Crippen LogP contribution in [0.2, 0.25) is 0 Å². The number of rotatable bonds is 9. The summed E-state index contributed by atoms with van der Waals surface area (Å²) in [6.45, 7) is 7.19. The maximum Gasteiger partial charge on any atom is 0.341 e. The molecule has 1 aliphatic carbocycles. The Morgan fingerprint density at radius 1 is 1.07 bits per heavy atom. The first kappa shape index (κ1) is 21.4. The van der Waals surface area contributed by atoms with Gasteiger partial charge in [0.25, 0.3) is 0 Å². The number of nitrogens with zero attached hydrogens (tertiary/aromatic N) is 1. The molecule has 0 heterocycles. The number of carbonyl (C=O) groups excluding carboxylic acids is 1. The number of methoxy groups -OCH3 is 1. The third-order valence-corrected chi connectivity index (χ3v) is 5.72. The van der Waals surface area contributed by atoms with E-state index < -0.39 is 0 Å². The van der Waals surface area contributed by atoms with Gasteiger partial charge in [-0.1, -0.05) is 50.2 Å². The Kier molecular flexibility index (Phi) is 7.70. The second kappa shape index (κ2) is 10.4. The topological polar surface area (TPSA) is 38.8 Å². The van der Waals surface area contributed by atoms with Crippen molar-refractivity contribution < 1.29 is 14.3 Å². The standard InChI is InChI=1S/C25H33NO3/c1-4-15-26(16-5-2)21-12-13-22-20(17-21)11-14-23(24(22)25(27)28-3)29-18-19-9-7-6-8-10-19/h6-11,14,21H,4-5,12-13,15-18H2,1-3H3. The van der Waals surface area contributed by atoms with Crippen molar-refractivity contribution in [2.75, 3.05) is 20.2 Å². The van der Waals surface area contributed by atoms with Gasteiger partial charge in [-0.15, -0.1) is 0 Å². The summed E-state index contributed by atoms with van der Waals surface area (Å²) >= 11 is 0. The third kappa shape index (κ3) is 5.18. The first-order valence-corrected chi connectivity index (χ1v) is 10.8. The Balaban J connectivity index is 1.84. The van der Waals surface area contributed by atoms with Crippen molar-refractivity contribution in [1.82, 2.24) is 4.90 Å². The van der Waals surface area contributed by atoms with Crippen molar-refractivity contribution in [1.29, 1.82) is 0 Å². The van der Waals surface area contributed by atoms with Crippen LogP contribution in [-0.2, 0) is 24.2 Å². The number of hydrogen-bond donors (Lipinski definition) is 0. The summed E-state index contributed by atoms with van der Waals surface area (Å²) in [5.74, 6) is 0.319. The summed E-state index contributed by atoms with van der Waals surface area (Å²) in [5, 5.41) is 0. The first-order valence-electron chi connectivity index (χ1n) is 10.8. The van der Waals surface area contributed by atoms with Crippen molar-refractivity contribution in [3.8, 4) is 5.75 Å². The highest BCUT2D eigenvalue weighted by Crippen LogP contribution is 2.34. The zero-order valence-electron chi connectivity index (χ0n) is 17.9. The Hall–Kier alpha value is -2.33. The van der Waals surface area contributed by atoms with Crippen molar-refractivity contribution in [2.24, 2.45) is 0 Å². The van der Waals surface area contributed by atoms with Crippen LogP contribution in [0.15, 0.2) is 42.5 Å². The molecule has 2 aromatic carbocycles. The maximum atomic E-state index is 12.6. The highest BCUT2D eigenvalue weighted by atomic mass is 16.5. The molecule has 0 bridgehead atoms. The summed E-state index contributed by atoms with van der Waals surface area (Å²) in [5.41, 5.74) is 4.05. The number of esters is 1. The molecule has 0 saturated heterocycles. The minimum absolute atomic E-state index is 0.303. The molecular formula is C25H33NO3. The van der Waals surface area contributed by atoms with E-state index in [1.165, 1.54) is 25.5 Å². The Morgan fingerprint density at radius 2 is 1.79 bits per heavy atom. The van der Waals surface area contributed by atoms with E-state index in [1.807, 2.05) is 36.4 Å². The van der Waals surface area contributed by atoms with E-state index in [-0.39, 0.29) is 5.97 Å². The van der Waals surface area contributed by atoms with Gasteiger partial charge in [-0.2, -0.15) is 0 Å². The van der Waals surface area contributed by atoms with Gasteiger partial charge in [0.05, 0.1) is 7.11 Å². The lowest BCUT2D eigenvalue weighted by atomic mass is 9.84. The fourth-order valence-corrected chi connectivity index (χ4v) is 4.36. The summed E-state index contributed by atoms with van der Waals surface area (Å²) in [7, 11) is 1.44. The molecule has 2 aromatic rings. The van der Waals surface area contributed by atoms with Crippen LogP contribution in [0.4, 0.5) is 0 Å². The van der Waals surface area contributed by atoms with Crippen molar-refractivity contribution in [3.05, 3.63) is 64.7 Å². The molecule has 0 aromatic heterocycles. The molecule has 0 N–H and O–H groups in total. The second-order valence-electron chi connectivity index (χ2n) is 7.77. The molecule has 0 fully saturated rings. The molecule has 1 atom stereocenters. The predicted molar refractivity (Wildman–Crippen MR) is 117 cm³/mol. The van der Waals surface area contributed by atoms with Crippen molar-refractivity contribution in [2.45, 2.75) is 58.6 Å².